The Kier molecular flexibility index (Phi) is 0.793. The number of rotatable bonds is 0. The van der Waals surface area contributed by atoms with E-state index in [0.29, 0.717) is 23.3 Å². The maximum absolute atomic E-state index is 4.46. The van der Waals surface area contributed by atoms with Crippen LogP contribution in [0.3, 0.4) is 0 Å². The van der Waals surface area contributed by atoms with Crippen LogP contribution in [-0.4, -0.2) is 20.6 Å². The number of nitrogens with one attached hydrogen (secondary N) is 2. The van der Waals surface area contributed by atoms with E-state index in [9.17, 15) is 0 Å². The van der Waals surface area contributed by atoms with E-state index < -0.39 is 0 Å². The smallest absolute Gasteiger partial charge is 0.221 e. The number of hydrogen-bond donors (Lipinski definition) is 2. The third kappa shape index (κ3) is 0.557. The monoisotopic (exact) mass is 166 g/mol. The second kappa shape index (κ2) is 1.72. The van der Waals surface area contributed by atoms with Gasteiger partial charge in [-0.1, -0.05) is 0 Å². The van der Waals surface area contributed by atoms with Gasteiger partial charge in [-0.25, -0.2) is 9.26 Å². The molecule has 0 saturated heterocycles. The van der Waals surface area contributed by atoms with Crippen LogP contribution in [0.1, 0.15) is 0 Å². The molecule has 0 aromatic carbocycles. The topological polar surface area (TPSA) is 102 Å². The van der Waals surface area contributed by atoms with Crippen LogP contribution in [0, 0.1) is 0 Å². The molecular formula is C4H2N6O2. The first-order chi connectivity index (χ1) is 5.93. The summed E-state index contributed by atoms with van der Waals surface area (Å²) in [5, 5.41) is 19.9. The Morgan fingerprint density at radius 2 is 1.00 bits per heavy atom. The molecule has 60 valence electrons. The average molecular weight is 166 g/mol. The van der Waals surface area contributed by atoms with E-state index in [4.69, 9.17) is 0 Å². The standard InChI is InChI=1S/C4H2N6O2/c5-1-2(8-11-7-1)6-4-3(5)9-12-10-4/h(H,5,7,9)(H,6,8,10). The number of anilines is 4. The Morgan fingerprint density at radius 3 is 1.33 bits per heavy atom. The third-order valence-electron chi connectivity index (χ3n) is 1.45. The molecule has 0 atom stereocenters. The highest BCUT2D eigenvalue weighted by Gasteiger charge is 2.23. The molecule has 0 spiro atoms. The lowest BCUT2D eigenvalue weighted by Gasteiger charge is -2.06. The van der Waals surface area contributed by atoms with Gasteiger partial charge in [0.2, 0.25) is 23.3 Å². The van der Waals surface area contributed by atoms with Crippen molar-refractivity contribution in [3.05, 3.63) is 0 Å². The van der Waals surface area contributed by atoms with E-state index in [1.807, 2.05) is 0 Å². The average Bonchev–Trinajstić information content (AvgIpc) is 2.64. The van der Waals surface area contributed by atoms with E-state index in [1.165, 1.54) is 0 Å². The predicted octanol–water partition coefficient (Wildman–Crippen LogP) is 0.253. The van der Waals surface area contributed by atoms with Crippen LogP contribution >= 0.6 is 0 Å². The Hall–Kier alpha value is -2.12. The number of nitrogens with zero attached hydrogens (tertiary/aromatic N) is 4. The Morgan fingerprint density at radius 1 is 0.667 bits per heavy atom. The summed E-state index contributed by atoms with van der Waals surface area (Å²) in [7, 11) is 0. The minimum Gasteiger partial charge on any atom is -0.313 e. The van der Waals surface area contributed by atoms with Gasteiger partial charge >= 0.3 is 0 Å². The molecule has 0 unspecified atom stereocenters. The Balaban J connectivity index is 2.15. The van der Waals surface area contributed by atoms with Crippen molar-refractivity contribution in [3.8, 4) is 0 Å². The zero-order valence-corrected chi connectivity index (χ0v) is 5.61. The van der Waals surface area contributed by atoms with Crippen LogP contribution < -0.4 is 10.6 Å². The molecule has 0 radical (unpaired) electrons. The molecule has 2 aromatic heterocycles. The van der Waals surface area contributed by atoms with Gasteiger partial charge in [0.25, 0.3) is 0 Å². The first-order valence-corrected chi connectivity index (χ1v) is 3.12. The fraction of sp³-hybridized carbons (Fsp3) is 0. The van der Waals surface area contributed by atoms with Crippen molar-refractivity contribution in [1.82, 2.24) is 20.6 Å². The molecule has 3 rings (SSSR count). The summed E-state index contributed by atoms with van der Waals surface area (Å²) < 4.78 is 8.91. The third-order valence-corrected chi connectivity index (χ3v) is 1.45. The van der Waals surface area contributed by atoms with Gasteiger partial charge in [0.05, 0.1) is 0 Å². The highest BCUT2D eigenvalue weighted by atomic mass is 16.6. The minimum absolute atomic E-state index is 0.471. The van der Waals surface area contributed by atoms with Crippen molar-refractivity contribution in [2.45, 2.75) is 0 Å². The Bertz CT molecular complexity index is 345. The van der Waals surface area contributed by atoms with E-state index in [-0.39, 0.29) is 0 Å². The second-order valence-corrected chi connectivity index (χ2v) is 2.17. The first-order valence-electron chi connectivity index (χ1n) is 3.12. The molecule has 1 aliphatic rings. The molecule has 2 N–H and O–H groups in total. The van der Waals surface area contributed by atoms with Crippen LogP contribution in [0.15, 0.2) is 9.26 Å². The molecule has 3 heterocycles. The van der Waals surface area contributed by atoms with Crippen molar-refractivity contribution in [2.24, 2.45) is 0 Å². The fourth-order valence-electron chi connectivity index (χ4n) is 0.929. The highest BCUT2D eigenvalue weighted by Crippen LogP contribution is 2.32. The molecule has 8 nitrogen and oxygen atoms in total. The molecule has 0 saturated carbocycles. The number of aromatic nitrogens is 4. The van der Waals surface area contributed by atoms with E-state index >= 15 is 0 Å². The van der Waals surface area contributed by atoms with Gasteiger partial charge in [0, 0.05) is 0 Å². The summed E-state index contributed by atoms with van der Waals surface area (Å²) in [5.74, 6) is 1.88. The number of fused-ring (bicyclic) bond motifs is 2. The predicted molar refractivity (Wildman–Crippen MR) is 35.2 cm³/mol. The second-order valence-electron chi connectivity index (χ2n) is 2.17. The van der Waals surface area contributed by atoms with Gasteiger partial charge in [0.15, 0.2) is 0 Å². The van der Waals surface area contributed by atoms with Gasteiger partial charge in [0.1, 0.15) is 0 Å². The van der Waals surface area contributed by atoms with Crippen molar-refractivity contribution < 1.29 is 9.26 Å². The fourth-order valence-corrected chi connectivity index (χ4v) is 0.929. The molecule has 1 aliphatic heterocycles. The van der Waals surface area contributed by atoms with Crippen molar-refractivity contribution in [2.75, 3.05) is 10.6 Å². The van der Waals surface area contributed by atoms with Gasteiger partial charge in [-0.05, 0) is 20.6 Å². The summed E-state index contributed by atoms with van der Waals surface area (Å²) in [6.07, 6.45) is 0. The van der Waals surface area contributed by atoms with Crippen LogP contribution in [0.4, 0.5) is 23.3 Å². The molecule has 12 heavy (non-hydrogen) atoms. The summed E-state index contributed by atoms with van der Waals surface area (Å²) >= 11 is 0. The minimum atomic E-state index is 0.471. The summed E-state index contributed by atoms with van der Waals surface area (Å²) in [4.78, 5) is 0. The Labute approximate surface area is 64.9 Å². The SMILES string of the molecule is n1onc2c1Nc1nonc1N2. The zero-order chi connectivity index (χ0) is 7.97. The van der Waals surface area contributed by atoms with Crippen LogP contribution in [0.2, 0.25) is 0 Å². The summed E-state index contributed by atoms with van der Waals surface area (Å²) in [6, 6.07) is 0. The molecule has 8 heteroatoms. The highest BCUT2D eigenvalue weighted by molar-refractivity contribution is 5.80. The van der Waals surface area contributed by atoms with Gasteiger partial charge < -0.3 is 10.6 Å². The molecule has 0 aliphatic carbocycles. The molecule has 0 fully saturated rings. The quantitative estimate of drug-likeness (QED) is 0.490. The number of hydrogen-bond acceptors (Lipinski definition) is 8. The lowest BCUT2D eigenvalue weighted by Crippen LogP contribution is -2.05. The van der Waals surface area contributed by atoms with Gasteiger partial charge in [-0.2, -0.15) is 0 Å². The maximum atomic E-state index is 4.46. The first kappa shape index (κ1) is 5.52. The molecule has 0 bridgehead atoms. The van der Waals surface area contributed by atoms with Crippen LogP contribution in [0.5, 0.6) is 0 Å². The lowest BCUT2D eigenvalue weighted by molar-refractivity contribution is 0.306. The molecule has 0 amide bonds. The maximum Gasteiger partial charge on any atom is 0.221 e. The lowest BCUT2D eigenvalue weighted by atomic mass is 10.4. The summed E-state index contributed by atoms with van der Waals surface area (Å²) in [6.45, 7) is 0. The van der Waals surface area contributed by atoms with Crippen molar-refractivity contribution >= 4 is 23.3 Å². The normalized spacial score (nSPS) is 12.7. The largest absolute Gasteiger partial charge is 0.313 e. The van der Waals surface area contributed by atoms with Gasteiger partial charge in [-0.15, -0.1) is 0 Å². The van der Waals surface area contributed by atoms with Crippen molar-refractivity contribution in [3.63, 3.8) is 0 Å². The van der Waals surface area contributed by atoms with Crippen molar-refractivity contribution in [1.29, 1.82) is 0 Å². The van der Waals surface area contributed by atoms with Gasteiger partial charge in [-0.3, -0.25) is 0 Å². The molecular weight excluding hydrogens is 164 g/mol. The van der Waals surface area contributed by atoms with Crippen LogP contribution in [-0.2, 0) is 0 Å². The summed E-state index contributed by atoms with van der Waals surface area (Å²) in [5.41, 5.74) is 0. The molecule has 2 aromatic rings. The van der Waals surface area contributed by atoms with E-state index in [0.717, 1.165) is 0 Å². The van der Waals surface area contributed by atoms with Crippen LogP contribution in [0.25, 0.3) is 0 Å². The van der Waals surface area contributed by atoms with E-state index in [2.05, 4.69) is 40.5 Å². The zero-order valence-electron chi connectivity index (χ0n) is 5.61. The van der Waals surface area contributed by atoms with E-state index in [1.54, 1.807) is 0 Å².